The van der Waals surface area contributed by atoms with Crippen LogP contribution < -0.4 is 0 Å². The van der Waals surface area contributed by atoms with Crippen molar-refractivity contribution in [2.75, 3.05) is 13.1 Å². The lowest BCUT2D eigenvalue weighted by atomic mass is 9.73. The number of imidazole rings is 1. The number of amides is 2. The Bertz CT molecular complexity index is 867. The van der Waals surface area contributed by atoms with Crippen LogP contribution in [0.25, 0.3) is 11.0 Å². The van der Waals surface area contributed by atoms with E-state index in [0.29, 0.717) is 19.6 Å². The zero-order chi connectivity index (χ0) is 19.3. The molecule has 1 aliphatic rings. The lowest BCUT2D eigenvalue weighted by molar-refractivity contribution is -0.155. The largest absolute Gasteiger partial charge is 0.479 e. The Morgan fingerprint density at radius 3 is 2.42 bits per heavy atom. The predicted octanol–water partition coefficient (Wildman–Crippen LogP) is 2.70. The second-order valence-corrected chi connectivity index (χ2v) is 8.06. The van der Waals surface area contributed by atoms with Gasteiger partial charge in [-0.2, -0.15) is 0 Å². The molecule has 2 heterocycles. The van der Waals surface area contributed by atoms with Gasteiger partial charge in [-0.1, -0.05) is 32.9 Å². The van der Waals surface area contributed by atoms with Crippen LogP contribution in [-0.2, 0) is 18.4 Å². The summed E-state index contributed by atoms with van der Waals surface area (Å²) in [4.78, 5) is 32.8. The third-order valence-electron chi connectivity index (χ3n) is 5.72. The maximum Gasteiger partial charge on any atom is 0.329 e. The van der Waals surface area contributed by atoms with Crippen LogP contribution >= 0.6 is 0 Å². The van der Waals surface area contributed by atoms with Crippen LogP contribution in [0.4, 0.5) is 4.79 Å². The Hall–Kier alpha value is -2.57. The standard InChI is InChI=1S/C19H26N4O3/c1-18(2,3)19(4,16(24)25)23-11-10-22(17(23)26)12-15-20-13-8-6-7-9-14(13)21(15)5/h6-9H,10-12H2,1-5H3,(H,24,25)/t19-/m1/s1. The number of para-hydroxylation sites is 2. The highest BCUT2D eigenvalue weighted by Gasteiger charge is 2.54. The molecule has 0 spiro atoms. The highest BCUT2D eigenvalue weighted by molar-refractivity contribution is 5.88. The smallest absolute Gasteiger partial charge is 0.329 e. The van der Waals surface area contributed by atoms with E-state index in [1.165, 1.54) is 4.90 Å². The average molecular weight is 358 g/mol. The van der Waals surface area contributed by atoms with Gasteiger partial charge in [-0.05, 0) is 24.5 Å². The molecule has 2 amide bonds. The van der Waals surface area contributed by atoms with Crippen molar-refractivity contribution in [1.29, 1.82) is 0 Å². The van der Waals surface area contributed by atoms with Crippen molar-refractivity contribution in [2.45, 2.75) is 39.8 Å². The molecule has 7 heteroatoms. The monoisotopic (exact) mass is 358 g/mol. The number of benzene rings is 1. The van der Waals surface area contributed by atoms with Gasteiger partial charge in [-0.15, -0.1) is 0 Å². The molecule has 1 aromatic heterocycles. The summed E-state index contributed by atoms with van der Waals surface area (Å²) < 4.78 is 1.98. The molecular weight excluding hydrogens is 332 g/mol. The number of carbonyl (C=O) groups is 2. The fraction of sp³-hybridized carbons (Fsp3) is 0.526. The van der Waals surface area contributed by atoms with Gasteiger partial charge in [-0.25, -0.2) is 14.6 Å². The Morgan fingerprint density at radius 1 is 1.19 bits per heavy atom. The molecule has 1 aliphatic heterocycles. The van der Waals surface area contributed by atoms with Crippen molar-refractivity contribution < 1.29 is 14.7 Å². The minimum atomic E-state index is -1.27. The fourth-order valence-corrected chi connectivity index (χ4v) is 3.49. The molecule has 1 N–H and O–H groups in total. The molecule has 1 fully saturated rings. The molecule has 0 bridgehead atoms. The van der Waals surface area contributed by atoms with Gasteiger partial charge in [-0.3, -0.25) is 0 Å². The van der Waals surface area contributed by atoms with E-state index < -0.39 is 16.9 Å². The van der Waals surface area contributed by atoms with Crippen molar-refractivity contribution in [1.82, 2.24) is 19.4 Å². The summed E-state index contributed by atoms with van der Waals surface area (Å²) in [6, 6.07) is 7.57. The lowest BCUT2D eigenvalue weighted by Crippen LogP contribution is -2.61. The van der Waals surface area contributed by atoms with Gasteiger partial charge >= 0.3 is 12.0 Å². The van der Waals surface area contributed by atoms with Crippen molar-refractivity contribution in [3.05, 3.63) is 30.1 Å². The van der Waals surface area contributed by atoms with Crippen LogP contribution in [0.1, 0.15) is 33.5 Å². The van der Waals surface area contributed by atoms with Crippen LogP contribution in [0.2, 0.25) is 0 Å². The number of carbonyl (C=O) groups excluding carboxylic acids is 1. The number of carboxylic acids is 1. The summed E-state index contributed by atoms with van der Waals surface area (Å²) in [5.74, 6) is -0.197. The van der Waals surface area contributed by atoms with Gasteiger partial charge in [0, 0.05) is 20.1 Å². The molecule has 1 saturated heterocycles. The van der Waals surface area contributed by atoms with E-state index in [9.17, 15) is 14.7 Å². The number of hydrogen-bond donors (Lipinski definition) is 1. The highest BCUT2D eigenvalue weighted by Crippen LogP contribution is 2.38. The van der Waals surface area contributed by atoms with Crippen molar-refractivity contribution >= 4 is 23.0 Å². The summed E-state index contributed by atoms with van der Waals surface area (Å²) >= 11 is 0. The van der Waals surface area contributed by atoms with Gasteiger partial charge < -0.3 is 19.5 Å². The molecular formula is C19H26N4O3. The molecule has 1 atom stereocenters. The zero-order valence-electron chi connectivity index (χ0n) is 16.0. The van der Waals surface area contributed by atoms with Gasteiger partial charge in [0.2, 0.25) is 0 Å². The van der Waals surface area contributed by atoms with Gasteiger partial charge in [0.15, 0.2) is 0 Å². The van der Waals surface area contributed by atoms with Crippen LogP contribution in [0.15, 0.2) is 24.3 Å². The Balaban J connectivity index is 1.87. The van der Waals surface area contributed by atoms with Crippen molar-refractivity contribution in [2.24, 2.45) is 12.5 Å². The summed E-state index contributed by atoms with van der Waals surface area (Å²) in [5, 5.41) is 9.83. The summed E-state index contributed by atoms with van der Waals surface area (Å²) in [6.07, 6.45) is 0. The molecule has 26 heavy (non-hydrogen) atoms. The number of carboxylic acid groups (broad SMARTS) is 1. The molecule has 140 valence electrons. The number of aryl methyl sites for hydroxylation is 1. The summed E-state index contributed by atoms with van der Waals surface area (Å²) in [7, 11) is 1.93. The number of aromatic nitrogens is 2. The molecule has 2 aromatic rings. The van der Waals surface area contributed by atoms with E-state index >= 15 is 0 Å². The Kier molecular flexibility index (Phi) is 4.21. The number of aliphatic carboxylic acids is 1. The molecule has 3 rings (SSSR count). The predicted molar refractivity (Wildman–Crippen MR) is 98.7 cm³/mol. The average Bonchev–Trinajstić information content (AvgIpc) is 3.08. The third kappa shape index (κ3) is 2.62. The Morgan fingerprint density at radius 2 is 1.85 bits per heavy atom. The van der Waals surface area contributed by atoms with E-state index in [4.69, 9.17) is 0 Å². The van der Waals surface area contributed by atoms with Gasteiger partial charge in [0.1, 0.15) is 11.4 Å². The van der Waals surface area contributed by atoms with Crippen LogP contribution in [0, 0.1) is 5.41 Å². The van der Waals surface area contributed by atoms with Gasteiger partial charge in [0.05, 0.1) is 17.6 Å². The number of fused-ring (bicyclic) bond motifs is 1. The first kappa shape index (κ1) is 18.2. The first-order valence-electron chi connectivity index (χ1n) is 8.77. The Labute approximate surface area is 153 Å². The van der Waals surface area contributed by atoms with E-state index in [1.807, 2.05) is 56.7 Å². The van der Waals surface area contributed by atoms with Gasteiger partial charge in [0.25, 0.3) is 0 Å². The minimum absolute atomic E-state index is 0.253. The topological polar surface area (TPSA) is 78.7 Å². The quantitative estimate of drug-likeness (QED) is 0.911. The zero-order valence-corrected chi connectivity index (χ0v) is 16.0. The van der Waals surface area contributed by atoms with E-state index in [-0.39, 0.29) is 6.03 Å². The summed E-state index contributed by atoms with van der Waals surface area (Å²) in [6.45, 7) is 8.42. The second-order valence-electron chi connectivity index (χ2n) is 8.06. The maximum absolute atomic E-state index is 13.0. The van der Waals surface area contributed by atoms with Crippen LogP contribution in [0.5, 0.6) is 0 Å². The SMILES string of the molecule is Cn1c(CN2CCN([C@](C)(C(=O)O)C(C)(C)C)C2=O)nc2ccccc21. The molecule has 1 aromatic carbocycles. The normalized spacial score (nSPS) is 17.8. The van der Waals surface area contributed by atoms with E-state index in [2.05, 4.69) is 4.98 Å². The fourth-order valence-electron chi connectivity index (χ4n) is 3.49. The first-order chi connectivity index (χ1) is 12.1. The molecule has 0 saturated carbocycles. The maximum atomic E-state index is 13.0. The lowest BCUT2D eigenvalue weighted by Gasteiger charge is -2.44. The van der Waals surface area contributed by atoms with Crippen molar-refractivity contribution in [3.8, 4) is 0 Å². The second kappa shape index (κ2) is 6.00. The number of urea groups is 1. The number of hydrogen-bond acceptors (Lipinski definition) is 3. The van der Waals surface area contributed by atoms with Crippen molar-refractivity contribution in [3.63, 3.8) is 0 Å². The van der Waals surface area contributed by atoms with E-state index in [0.717, 1.165) is 16.9 Å². The number of rotatable bonds is 4. The minimum Gasteiger partial charge on any atom is -0.479 e. The molecule has 0 aliphatic carbocycles. The highest BCUT2D eigenvalue weighted by atomic mass is 16.4. The summed E-state index contributed by atoms with van der Waals surface area (Å²) in [5.41, 5.74) is 0.0303. The first-order valence-corrected chi connectivity index (χ1v) is 8.77. The van der Waals surface area contributed by atoms with Crippen LogP contribution in [-0.4, -0.2) is 55.1 Å². The van der Waals surface area contributed by atoms with E-state index in [1.54, 1.807) is 11.8 Å². The molecule has 7 nitrogen and oxygen atoms in total. The number of nitrogens with zero attached hydrogens (tertiary/aromatic N) is 4. The van der Waals surface area contributed by atoms with Crippen LogP contribution in [0.3, 0.4) is 0 Å². The molecule has 0 unspecified atom stereocenters. The molecule has 0 radical (unpaired) electrons. The third-order valence-corrected chi connectivity index (χ3v) is 5.72.